The second kappa shape index (κ2) is 5.17. The zero-order valence-corrected chi connectivity index (χ0v) is 12.5. The molecule has 0 aliphatic carbocycles. The molecule has 0 spiro atoms. The van der Waals surface area contributed by atoms with Gasteiger partial charge in [0.05, 0.1) is 20.9 Å². The topological polar surface area (TPSA) is 24.9 Å². The van der Waals surface area contributed by atoms with Gasteiger partial charge in [0, 0.05) is 10.0 Å². The Morgan fingerprint density at radius 1 is 0.947 bits per heavy atom. The summed E-state index contributed by atoms with van der Waals surface area (Å²) in [5.41, 5.74) is 1.63. The summed E-state index contributed by atoms with van der Waals surface area (Å²) in [7, 11) is 0. The second-order valence-corrected chi connectivity index (χ2v) is 6.19. The van der Waals surface area contributed by atoms with E-state index in [1.807, 2.05) is 18.2 Å². The van der Waals surface area contributed by atoms with E-state index in [4.69, 9.17) is 34.8 Å². The van der Waals surface area contributed by atoms with Gasteiger partial charge in [-0.2, -0.15) is 0 Å². The van der Waals surface area contributed by atoms with Gasteiger partial charge >= 0.3 is 0 Å². The number of thiazole rings is 1. The highest BCUT2D eigenvalue weighted by Gasteiger charge is 2.07. The lowest BCUT2D eigenvalue weighted by atomic mass is 10.3. The van der Waals surface area contributed by atoms with Crippen LogP contribution in [0.5, 0.6) is 0 Å². The maximum Gasteiger partial charge on any atom is 0.188 e. The van der Waals surface area contributed by atoms with Crippen LogP contribution >= 0.6 is 46.1 Å². The Morgan fingerprint density at radius 2 is 1.68 bits per heavy atom. The van der Waals surface area contributed by atoms with Gasteiger partial charge in [0.25, 0.3) is 0 Å². The first-order valence-corrected chi connectivity index (χ1v) is 7.35. The minimum absolute atomic E-state index is 0.599. The molecule has 1 N–H and O–H groups in total. The first-order chi connectivity index (χ1) is 9.11. The molecule has 3 rings (SSSR count). The molecule has 0 bridgehead atoms. The van der Waals surface area contributed by atoms with Gasteiger partial charge in [0.1, 0.15) is 0 Å². The Labute approximate surface area is 128 Å². The predicted octanol–water partition coefficient (Wildman–Crippen LogP) is 6.00. The summed E-state index contributed by atoms with van der Waals surface area (Å²) in [4.78, 5) is 4.47. The molecule has 0 fully saturated rings. The Hall–Kier alpha value is -1.00. The Bertz CT molecular complexity index is 755. The fraction of sp³-hybridized carbons (Fsp3) is 0. The van der Waals surface area contributed by atoms with E-state index in [0.717, 1.165) is 21.0 Å². The van der Waals surface area contributed by atoms with E-state index in [0.29, 0.717) is 15.1 Å². The van der Waals surface area contributed by atoms with Crippen LogP contribution in [0.25, 0.3) is 10.2 Å². The van der Waals surface area contributed by atoms with Gasteiger partial charge in [-0.1, -0.05) is 46.1 Å². The number of nitrogens with one attached hydrogen (secondary N) is 1. The van der Waals surface area contributed by atoms with Crippen molar-refractivity contribution in [1.82, 2.24) is 4.98 Å². The van der Waals surface area contributed by atoms with Crippen LogP contribution in [-0.4, -0.2) is 4.98 Å². The van der Waals surface area contributed by atoms with Gasteiger partial charge in [-0.15, -0.1) is 0 Å². The lowest BCUT2D eigenvalue weighted by Gasteiger charge is -2.04. The Balaban J connectivity index is 1.98. The number of aromatic nitrogens is 1. The van der Waals surface area contributed by atoms with Gasteiger partial charge in [-0.25, -0.2) is 4.98 Å². The molecule has 2 nitrogen and oxygen atoms in total. The highest BCUT2D eigenvalue weighted by molar-refractivity contribution is 7.22. The molecule has 0 saturated heterocycles. The van der Waals surface area contributed by atoms with Crippen molar-refractivity contribution >= 4 is 67.2 Å². The molecule has 0 atom stereocenters. The average Bonchev–Trinajstić information content (AvgIpc) is 2.75. The van der Waals surface area contributed by atoms with E-state index in [9.17, 15) is 0 Å². The molecule has 2 aromatic carbocycles. The molecule has 0 unspecified atom stereocenters. The summed E-state index contributed by atoms with van der Waals surface area (Å²) in [6, 6.07) is 10.9. The first kappa shape index (κ1) is 13.0. The summed E-state index contributed by atoms with van der Waals surface area (Å²) in [6.45, 7) is 0. The van der Waals surface area contributed by atoms with E-state index in [-0.39, 0.29) is 0 Å². The second-order valence-electron chi connectivity index (χ2n) is 3.88. The number of halogens is 3. The fourth-order valence-corrected chi connectivity index (χ4v) is 3.15. The van der Waals surface area contributed by atoms with Crippen LogP contribution in [0, 0.1) is 0 Å². The fourth-order valence-electron chi connectivity index (χ4n) is 1.66. The third kappa shape index (κ3) is 2.79. The van der Waals surface area contributed by atoms with E-state index >= 15 is 0 Å². The summed E-state index contributed by atoms with van der Waals surface area (Å²) < 4.78 is 1.02. The molecule has 0 amide bonds. The number of nitrogens with zero attached hydrogens (tertiary/aromatic N) is 1. The molecular weight excluding hydrogens is 323 g/mol. The van der Waals surface area contributed by atoms with Crippen molar-refractivity contribution in [3.05, 3.63) is 51.5 Å². The van der Waals surface area contributed by atoms with Crippen molar-refractivity contribution in [1.29, 1.82) is 0 Å². The third-order valence-corrected chi connectivity index (χ3v) is 4.25. The summed E-state index contributed by atoms with van der Waals surface area (Å²) in [5, 5.41) is 5.84. The van der Waals surface area contributed by atoms with Crippen LogP contribution in [0.15, 0.2) is 36.4 Å². The molecule has 6 heteroatoms. The summed E-state index contributed by atoms with van der Waals surface area (Å²) >= 11 is 19.5. The number of hydrogen-bond acceptors (Lipinski definition) is 3. The summed E-state index contributed by atoms with van der Waals surface area (Å²) in [6.07, 6.45) is 0. The van der Waals surface area contributed by atoms with Crippen LogP contribution in [0.3, 0.4) is 0 Å². The lowest BCUT2D eigenvalue weighted by molar-refractivity contribution is 1.44. The van der Waals surface area contributed by atoms with Gasteiger partial charge in [0.15, 0.2) is 5.13 Å². The summed E-state index contributed by atoms with van der Waals surface area (Å²) in [5.74, 6) is 0. The number of fused-ring (bicyclic) bond motifs is 1. The quantitative estimate of drug-likeness (QED) is 0.623. The Kier molecular flexibility index (Phi) is 3.54. The molecule has 1 heterocycles. The van der Waals surface area contributed by atoms with Crippen LogP contribution in [0.4, 0.5) is 10.8 Å². The highest BCUT2D eigenvalue weighted by Crippen LogP contribution is 2.33. The molecule has 0 saturated carbocycles. The van der Waals surface area contributed by atoms with Gasteiger partial charge in [-0.3, -0.25) is 0 Å². The zero-order chi connectivity index (χ0) is 13.4. The maximum absolute atomic E-state index is 6.10. The van der Waals surface area contributed by atoms with Crippen molar-refractivity contribution < 1.29 is 0 Å². The van der Waals surface area contributed by atoms with Crippen LogP contribution in [0.2, 0.25) is 15.1 Å². The van der Waals surface area contributed by atoms with Gasteiger partial charge in [0.2, 0.25) is 0 Å². The van der Waals surface area contributed by atoms with E-state index in [1.165, 1.54) is 11.3 Å². The normalized spacial score (nSPS) is 10.9. The standard InChI is InChI=1S/C13H7Cl3N2S/c14-7-1-3-9(16)11(5-7)18-13-17-10-4-2-8(15)6-12(10)19-13/h1-6H,(H,17,18). The van der Waals surface area contributed by atoms with Crippen molar-refractivity contribution in [2.24, 2.45) is 0 Å². The minimum Gasteiger partial charge on any atom is -0.330 e. The molecule has 96 valence electrons. The number of benzene rings is 2. The van der Waals surface area contributed by atoms with Gasteiger partial charge < -0.3 is 5.32 Å². The number of rotatable bonds is 2. The van der Waals surface area contributed by atoms with E-state index < -0.39 is 0 Å². The SMILES string of the molecule is Clc1ccc(Cl)c(Nc2nc3ccc(Cl)cc3s2)c1. The minimum atomic E-state index is 0.599. The molecule has 0 aliphatic heterocycles. The van der Waals surface area contributed by atoms with Crippen LogP contribution in [-0.2, 0) is 0 Å². The molecule has 0 aliphatic rings. The highest BCUT2D eigenvalue weighted by atomic mass is 35.5. The molecule has 3 aromatic rings. The number of anilines is 2. The zero-order valence-electron chi connectivity index (χ0n) is 9.45. The molecular formula is C13H7Cl3N2S. The van der Waals surface area contributed by atoms with Crippen LogP contribution in [0.1, 0.15) is 0 Å². The maximum atomic E-state index is 6.10. The molecule has 1 aromatic heterocycles. The average molecular weight is 330 g/mol. The largest absolute Gasteiger partial charge is 0.330 e. The van der Waals surface area contributed by atoms with Crippen molar-refractivity contribution in [3.63, 3.8) is 0 Å². The lowest BCUT2D eigenvalue weighted by Crippen LogP contribution is -1.89. The Morgan fingerprint density at radius 3 is 2.53 bits per heavy atom. The van der Waals surface area contributed by atoms with Crippen LogP contribution < -0.4 is 5.32 Å². The van der Waals surface area contributed by atoms with E-state index in [1.54, 1.807) is 18.2 Å². The smallest absolute Gasteiger partial charge is 0.188 e. The van der Waals surface area contributed by atoms with Gasteiger partial charge in [-0.05, 0) is 36.4 Å². The monoisotopic (exact) mass is 328 g/mol. The van der Waals surface area contributed by atoms with E-state index in [2.05, 4.69) is 10.3 Å². The van der Waals surface area contributed by atoms with Crippen molar-refractivity contribution in [2.45, 2.75) is 0 Å². The predicted molar refractivity (Wildman–Crippen MR) is 84.4 cm³/mol. The number of hydrogen-bond donors (Lipinski definition) is 1. The first-order valence-electron chi connectivity index (χ1n) is 5.40. The van der Waals surface area contributed by atoms with Crippen molar-refractivity contribution in [2.75, 3.05) is 5.32 Å². The molecule has 0 radical (unpaired) electrons. The van der Waals surface area contributed by atoms with Crippen molar-refractivity contribution in [3.8, 4) is 0 Å². The molecule has 19 heavy (non-hydrogen) atoms. The third-order valence-electron chi connectivity index (χ3n) is 2.52.